The number of nitrogens with one attached hydrogen (secondary N) is 2. The Hall–Kier alpha value is -1.57. The SMILES string of the molecule is CO[C@@H]1Cc2ccc(C(N)=O)cc2C(C)(C)[C@H]1NCCNCC1CCCC(F)(F)C1. The van der Waals surface area contributed by atoms with Gasteiger partial charge in [-0.05, 0) is 48.6 Å². The first-order valence-corrected chi connectivity index (χ1v) is 10.9. The maximum atomic E-state index is 13.6. The number of benzene rings is 1. The maximum absolute atomic E-state index is 13.6. The zero-order valence-corrected chi connectivity index (χ0v) is 18.3. The molecule has 3 atom stereocenters. The van der Waals surface area contributed by atoms with Crippen molar-refractivity contribution in [3.63, 3.8) is 0 Å². The third-order valence-corrected chi connectivity index (χ3v) is 6.80. The first kappa shape index (κ1) is 23.1. The number of hydrogen-bond acceptors (Lipinski definition) is 4. The van der Waals surface area contributed by atoms with Crippen LogP contribution in [0, 0.1) is 5.92 Å². The lowest BCUT2D eigenvalue weighted by Gasteiger charge is -2.45. The fraction of sp³-hybridized carbons (Fsp3) is 0.696. The number of rotatable bonds is 8. The van der Waals surface area contributed by atoms with Gasteiger partial charge in [0.25, 0.3) is 0 Å². The summed E-state index contributed by atoms with van der Waals surface area (Å²) in [7, 11) is 1.72. The molecule has 168 valence electrons. The molecule has 0 radical (unpaired) electrons. The largest absolute Gasteiger partial charge is 0.379 e. The number of nitrogens with two attached hydrogens (primary N) is 1. The van der Waals surface area contributed by atoms with E-state index in [0.717, 1.165) is 18.4 Å². The van der Waals surface area contributed by atoms with Crippen LogP contribution in [0.4, 0.5) is 8.78 Å². The minimum Gasteiger partial charge on any atom is -0.379 e. The Morgan fingerprint density at radius 1 is 1.30 bits per heavy atom. The van der Waals surface area contributed by atoms with Crippen molar-refractivity contribution in [1.29, 1.82) is 0 Å². The molecule has 0 aromatic heterocycles. The topological polar surface area (TPSA) is 76.4 Å². The summed E-state index contributed by atoms with van der Waals surface area (Å²) in [5.74, 6) is -2.88. The fourth-order valence-electron chi connectivity index (χ4n) is 5.15. The molecular formula is C23H35F2N3O2. The second-order valence-electron chi connectivity index (χ2n) is 9.39. The van der Waals surface area contributed by atoms with Gasteiger partial charge in [0, 0.05) is 56.5 Å². The van der Waals surface area contributed by atoms with Gasteiger partial charge < -0.3 is 21.1 Å². The molecule has 4 N–H and O–H groups in total. The van der Waals surface area contributed by atoms with Crippen LogP contribution in [0.2, 0.25) is 0 Å². The van der Waals surface area contributed by atoms with Crippen LogP contribution in [0.15, 0.2) is 18.2 Å². The van der Waals surface area contributed by atoms with Crippen LogP contribution >= 0.6 is 0 Å². The van der Waals surface area contributed by atoms with Gasteiger partial charge in [0.1, 0.15) is 0 Å². The summed E-state index contributed by atoms with van der Waals surface area (Å²) in [6.07, 6.45) is 2.26. The second kappa shape index (κ2) is 9.28. The van der Waals surface area contributed by atoms with Gasteiger partial charge in [-0.25, -0.2) is 8.78 Å². The maximum Gasteiger partial charge on any atom is 0.248 e. The monoisotopic (exact) mass is 423 g/mol. The van der Waals surface area contributed by atoms with Crippen molar-refractivity contribution in [2.75, 3.05) is 26.7 Å². The van der Waals surface area contributed by atoms with Crippen LogP contribution in [-0.2, 0) is 16.6 Å². The van der Waals surface area contributed by atoms with Crippen LogP contribution in [0.1, 0.15) is 61.0 Å². The fourth-order valence-corrected chi connectivity index (χ4v) is 5.15. The zero-order valence-electron chi connectivity index (χ0n) is 18.3. The van der Waals surface area contributed by atoms with Gasteiger partial charge in [0.05, 0.1) is 6.10 Å². The molecule has 1 amide bonds. The summed E-state index contributed by atoms with van der Waals surface area (Å²) in [6, 6.07) is 5.70. The van der Waals surface area contributed by atoms with Gasteiger partial charge in [0.15, 0.2) is 0 Å². The number of alkyl halides is 2. The van der Waals surface area contributed by atoms with E-state index >= 15 is 0 Å². The summed E-state index contributed by atoms with van der Waals surface area (Å²) in [6.45, 7) is 6.35. The predicted molar refractivity (Wildman–Crippen MR) is 114 cm³/mol. The molecule has 0 saturated heterocycles. The Morgan fingerprint density at radius 2 is 2.07 bits per heavy atom. The molecule has 0 aliphatic heterocycles. The molecule has 3 rings (SSSR count). The molecule has 1 aromatic carbocycles. The molecule has 1 aromatic rings. The number of carbonyl (C=O) groups is 1. The summed E-state index contributed by atoms with van der Waals surface area (Å²) in [5.41, 5.74) is 8.02. The number of hydrogen-bond donors (Lipinski definition) is 3. The summed E-state index contributed by atoms with van der Waals surface area (Å²) in [4.78, 5) is 11.6. The van der Waals surface area contributed by atoms with Crippen LogP contribution in [-0.4, -0.2) is 50.7 Å². The van der Waals surface area contributed by atoms with E-state index in [9.17, 15) is 13.6 Å². The lowest BCUT2D eigenvalue weighted by molar-refractivity contribution is -0.0519. The summed E-state index contributed by atoms with van der Waals surface area (Å²) < 4.78 is 32.9. The van der Waals surface area contributed by atoms with Gasteiger partial charge in [-0.3, -0.25) is 4.79 Å². The molecule has 7 heteroatoms. The van der Waals surface area contributed by atoms with Gasteiger partial charge in [0.2, 0.25) is 11.8 Å². The number of methoxy groups -OCH3 is 1. The number of halogens is 2. The van der Waals surface area contributed by atoms with Gasteiger partial charge in [-0.1, -0.05) is 19.9 Å². The Balaban J connectivity index is 1.58. The van der Waals surface area contributed by atoms with Crippen molar-refractivity contribution in [1.82, 2.24) is 10.6 Å². The van der Waals surface area contributed by atoms with Crippen molar-refractivity contribution in [3.8, 4) is 0 Å². The van der Waals surface area contributed by atoms with Crippen molar-refractivity contribution < 1.29 is 18.3 Å². The van der Waals surface area contributed by atoms with Crippen LogP contribution in [0.3, 0.4) is 0 Å². The minimum absolute atomic E-state index is 0.00367. The molecule has 0 spiro atoms. The Bertz CT molecular complexity index is 754. The quantitative estimate of drug-likeness (QED) is 0.562. The third-order valence-electron chi connectivity index (χ3n) is 6.80. The highest BCUT2D eigenvalue weighted by molar-refractivity contribution is 5.93. The molecular weight excluding hydrogens is 388 g/mol. The van der Waals surface area contributed by atoms with Crippen molar-refractivity contribution in [2.45, 2.75) is 69.4 Å². The molecule has 1 saturated carbocycles. The molecule has 2 aliphatic rings. The molecule has 5 nitrogen and oxygen atoms in total. The third kappa shape index (κ3) is 5.18. The summed E-state index contributed by atoms with van der Waals surface area (Å²) >= 11 is 0. The number of ether oxygens (including phenoxy) is 1. The van der Waals surface area contributed by atoms with E-state index in [1.165, 1.54) is 5.56 Å². The van der Waals surface area contributed by atoms with E-state index < -0.39 is 11.8 Å². The normalized spacial score (nSPS) is 27.4. The number of carbonyl (C=O) groups excluding carboxylic acids is 1. The molecule has 2 aliphatic carbocycles. The highest BCUT2D eigenvalue weighted by Gasteiger charge is 2.42. The number of amides is 1. The van der Waals surface area contributed by atoms with Crippen molar-refractivity contribution in [3.05, 3.63) is 34.9 Å². The molecule has 30 heavy (non-hydrogen) atoms. The highest BCUT2D eigenvalue weighted by Crippen LogP contribution is 2.39. The van der Waals surface area contributed by atoms with Crippen LogP contribution < -0.4 is 16.4 Å². The predicted octanol–water partition coefficient (Wildman–Crippen LogP) is 3.01. The van der Waals surface area contributed by atoms with E-state index in [2.05, 4.69) is 24.5 Å². The zero-order chi connectivity index (χ0) is 21.9. The molecule has 1 fully saturated rings. The van der Waals surface area contributed by atoms with Crippen LogP contribution in [0.5, 0.6) is 0 Å². The average molecular weight is 424 g/mol. The smallest absolute Gasteiger partial charge is 0.248 e. The van der Waals surface area contributed by atoms with Crippen molar-refractivity contribution in [2.24, 2.45) is 11.7 Å². The lowest BCUT2D eigenvalue weighted by atomic mass is 9.67. The highest BCUT2D eigenvalue weighted by atomic mass is 19.3. The Morgan fingerprint density at radius 3 is 2.73 bits per heavy atom. The van der Waals surface area contributed by atoms with E-state index in [1.807, 2.05) is 12.1 Å². The first-order valence-electron chi connectivity index (χ1n) is 10.9. The van der Waals surface area contributed by atoms with Gasteiger partial charge in [-0.15, -0.1) is 0 Å². The number of primary amides is 1. The van der Waals surface area contributed by atoms with Gasteiger partial charge >= 0.3 is 0 Å². The molecule has 0 bridgehead atoms. The molecule has 1 unspecified atom stereocenters. The standard InChI is InChI=1S/C23H35F2N3O2/c1-22(2)18-11-17(21(26)29)7-6-16(18)12-19(30-3)20(22)28-10-9-27-14-15-5-4-8-23(24,25)13-15/h6-7,11,15,19-20,27-28H,4-5,8-10,12-14H2,1-3H3,(H2,26,29)/t15?,19-,20+/m1/s1. The second-order valence-corrected chi connectivity index (χ2v) is 9.39. The Kier molecular flexibility index (Phi) is 7.15. The van der Waals surface area contributed by atoms with E-state index in [4.69, 9.17) is 10.5 Å². The average Bonchev–Trinajstić information content (AvgIpc) is 2.67. The van der Waals surface area contributed by atoms with E-state index in [0.29, 0.717) is 31.6 Å². The van der Waals surface area contributed by atoms with Crippen molar-refractivity contribution >= 4 is 5.91 Å². The van der Waals surface area contributed by atoms with E-state index in [1.54, 1.807) is 13.2 Å². The van der Waals surface area contributed by atoms with E-state index in [-0.39, 0.29) is 36.3 Å². The van der Waals surface area contributed by atoms with Gasteiger partial charge in [-0.2, -0.15) is 0 Å². The van der Waals surface area contributed by atoms with Crippen LogP contribution in [0.25, 0.3) is 0 Å². The molecule has 0 heterocycles. The lowest BCUT2D eigenvalue weighted by Crippen LogP contribution is -2.57. The number of fused-ring (bicyclic) bond motifs is 1. The Labute approximate surface area is 178 Å². The minimum atomic E-state index is -2.50. The summed E-state index contributed by atoms with van der Waals surface area (Å²) in [5, 5.41) is 6.94. The first-order chi connectivity index (χ1) is 14.1.